The van der Waals surface area contributed by atoms with E-state index in [1.165, 1.54) is 6.92 Å². The van der Waals surface area contributed by atoms with Gasteiger partial charge in [-0.05, 0) is 42.6 Å². The molecule has 10 atom stereocenters. The van der Waals surface area contributed by atoms with E-state index in [1.807, 2.05) is 0 Å². The molecule has 0 aromatic heterocycles. The average molecular weight is 406 g/mol. The number of carbonyl (C=O) groups excluding carboxylic acids is 2. The number of hydrogen-bond acceptors (Lipinski definition) is 7. The van der Waals surface area contributed by atoms with Crippen LogP contribution < -0.4 is 0 Å². The first-order valence-electron chi connectivity index (χ1n) is 10.7. The minimum Gasteiger partial charge on any atom is -0.462 e. The number of ether oxygens (including phenoxy) is 2. The summed E-state index contributed by atoms with van der Waals surface area (Å²) in [7, 11) is 0. The summed E-state index contributed by atoms with van der Waals surface area (Å²) in [6.45, 7) is 7.74. The van der Waals surface area contributed by atoms with Crippen LogP contribution in [0.5, 0.6) is 0 Å². The number of fused-ring (bicyclic) bond motifs is 1. The molecule has 29 heavy (non-hydrogen) atoms. The molecule has 0 aromatic carbocycles. The Kier molecular flexibility index (Phi) is 4.00. The van der Waals surface area contributed by atoms with Gasteiger partial charge in [0, 0.05) is 24.2 Å². The molecule has 160 valence electrons. The summed E-state index contributed by atoms with van der Waals surface area (Å²) < 4.78 is 11.6. The van der Waals surface area contributed by atoms with E-state index in [9.17, 15) is 24.9 Å². The maximum atomic E-state index is 13.5. The summed E-state index contributed by atoms with van der Waals surface area (Å²) in [6.07, 6.45) is -1.10. The Morgan fingerprint density at radius 3 is 2.66 bits per heavy atom. The first kappa shape index (κ1) is 19.7. The van der Waals surface area contributed by atoms with Gasteiger partial charge in [-0.15, -0.1) is 0 Å². The van der Waals surface area contributed by atoms with Crippen LogP contribution in [0, 0.1) is 34.0 Å². The zero-order valence-corrected chi connectivity index (χ0v) is 17.0. The Balaban J connectivity index is 1.76. The number of carbonyl (C=O) groups is 2. The molecule has 1 heterocycles. The molecule has 4 bridgehead atoms. The summed E-state index contributed by atoms with van der Waals surface area (Å²) in [4.78, 5) is 25.5. The number of hydrogen-bond donors (Lipinski definition) is 3. The van der Waals surface area contributed by atoms with Crippen molar-refractivity contribution < 1.29 is 34.4 Å². The molecule has 7 nitrogen and oxygen atoms in total. The fraction of sp³-hybridized carbons (Fsp3) is 0.818. The summed E-state index contributed by atoms with van der Waals surface area (Å²) in [5.41, 5.74) is -2.34. The zero-order chi connectivity index (χ0) is 20.9. The largest absolute Gasteiger partial charge is 0.462 e. The van der Waals surface area contributed by atoms with Crippen molar-refractivity contribution in [2.75, 3.05) is 6.61 Å². The molecule has 1 saturated heterocycles. The van der Waals surface area contributed by atoms with E-state index >= 15 is 0 Å². The summed E-state index contributed by atoms with van der Waals surface area (Å²) in [5, 5.41) is 33.9. The SMILES string of the molecule is C=C1C(=O)[C@]23[C@H](O)C[C@@H]4[C@@]5(C)CCC[C@@]4([C@H](O)OC5)[C@@H]2[C@@H](OC(C)=O)C[C@@H]1[C@H]3O. The number of ketones is 1. The predicted octanol–water partition coefficient (Wildman–Crippen LogP) is 0.946. The molecular weight excluding hydrogens is 376 g/mol. The van der Waals surface area contributed by atoms with Crippen LogP contribution in [0.15, 0.2) is 12.2 Å². The maximum Gasteiger partial charge on any atom is 0.302 e. The van der Waals surface area contributed by atoms with Crippen molar-refractivity contribution in [2.45, 2.75) is 70.6 Å². The minimum absolute atomic E-state index is 0.0957. The van der Waals surface area contributed by atoms with Crippen LogP contribution >= 0.6 is 0 Å². The third-order valence-corrected chi connectivity index (χ3v) is 9.16. The van der Waals surface area contributed by atoms with Crippen LogP contribution in [0.3, 0.4) is 0 Å². The molecule has 1 spiro atoms. The summed E-state index contributed by atoms with van der Waals surface area (Å²) in [6, 6.07) is 0. The molecule has 5 fully saturated rings. The van der Waals surface area contributed by atoms with E-state index in [2.05, 4.69) is 13.5 Å². The second-order valence-corrected chi connectivity index (χ2v) is 10.3. The Morgan fingerprint density at radius 1 is 1.24 bits per heavy atom. The van der Waals surface area contributed by atoms with E-state index < -0.39 is 53.2 Å². The van der Waals surface area contributed by atoms with Gasteiger partial charge in [-0.2, -0.15) is 0 Å². The smallest absolute Gasteiger partial charge is 0.302 e. The first-order chi connectivity index (χ1) is 13.6. The Morgan fingerprint density at radius 2 is 1.97 bits per heavy atom. The molecule has 0 amide bonds. The van der Waals surface area contributed by atoms with Crippen molar-refractivity contribution in [1.29, 1.82) is 0 Å². The first-order valence-corrected chi connectivity index (χ1v) is 10.7. The highest BCUT2D eigenvalue weighted by molar-refractivity contribution is 6.04. The van der Waals surface area contributed by atoms with Gasteiger partial charge in [-0.25, -0.2) is 0 Å². The van der Waals surface area contributed by atoms with Crippen molar-refractivity contribution in [3.63, 3.8) is 0 Å². The van der Waals surface area contributed by atoms with Gasteiger partial charge in [0.25, 0.3) is 0 Å². The molecule has 5 aliphatic rings. The van der Waals surface area contributed by atoms with E-state index in [-0.39, 0.29) is 29.1 Å². The van der Waals surface area contributed by atoms with Crippen molar-refractivity contribution in [1.82, 2.24) is 0 Å². The number of Topliss-reactive ketones (excluding diaryl/α,β-unsaturated/α-hetero) is 1. The molecule has 4 aliphatic carbocycles. The highest BCUT2D eigenvalue weighted by atomic mass is 16.6. The van der Waals surface area contributed by atoms with Crippen LogP contribution in [0.25, 0.3) is 0 Å². The highest BCUT2D eigenvalue weighted by Gasteiger charge is 2.80. The molecule has 5 rings (SSSR count). The van der Waals surface area contributed by atoms with Gasteiger partial charge < -0.3 is 24.8 Å². The van der Waals surface area contributed by atoms with Crippen molar-refractivity contribution >= 4 is 11.8 Å². The fourth-order valence-corrected chi connectivity index (χ4v) is 8.21. The number of esters is 1. The topological polar surface area (TPSA) is 113 Å². The highest BCUT2D eigenvalue weighted by Crippen LogP contribution is 2.73. The maximum absolute atomic E-state index is 13.5. The second kappa shape index (κ2) is 5.90. The Bertz CT molecular complexity index is 794. The van der Waals surface area contributed by atoms with Crippen molar-refractivity contribution in [3.05, 3.63) is 12.2 Å². The molecule has 0 radical (unpaired) electrons. The Hall–Kier alpha value is -1.28. The fourth-order valence-electron chi connectivity index (χ4n) is 8.21. The van der Waals surface area contributed by atoms with Crippen molar-refractivity contribution in [3.8, 4) is 0 Å². The van der Waals surface area contributed by atoms with Crippen LogP contribution in [-0.4, -0.2) is 58.3 Å². The third kappa shape index (κ3) is 2.07. The molecule has 0 aromatic rings. The molecule has 0 unspecified atom stereocenters. The zero-order valence-electron chi connectivity index (χ0n) is 17.0. The van der Waals surface area contributed by atoms with Gasteiger partial charge in [-0.3, -0.25) is 9.59 Å². The van der Waals surface area contributed by atoms with E-state index in [4.69, 9.17) is 9.47 Å². The van der Waals surface area contributed by atoms with Gasteiger partial charge in [-0.1, -0.05) is 19.9 Å². The standard InChI is InChI=1S/C22H30O7/c1-10-12-7-13(29-11(2)23)16-21-6-4-5-20(3,9-28-19(21)27)14(21)8-15(24)22(16,17(10)25)18(12)26/h12-16,18-19,24,26-27H,1,4-9H2,2-3H3/t12-,13-,14+,15+,16-,18+,19+,20-,21-,22-/m0/s1. The van der Waals surface area contributed by atoms with Gasteiger partial charge in [0.2, 0.25) is 0 Å². The van der Waals surface area contributed by atoms with Crippen LogP contribution in [-0.2, 0) is 19.1 Å². The lowest BCUT2D eigenvalue weighted by atomic mass is 9.37. The lowest BCUT2D eigenvalue weighted by Crippen LogP contribution is -2.75. The van der Waals surface area contributed by atoms with Crippen LogP contribution in [0.4, 0.5) is 0 Å². The lowest BCUT2D eigenvalue weighted by Gasteiger charge is -2.70. The minimum atomic E-state index is -1.52. The Labute approximate surface area is 170 Å². The van der Waals surface area contributed by atoms with Crippen LogP contribution in [0.2, 0.25) is 0 Å². The quantitative estimate of drug-likeness (QED) is 0.439. The van der Waals surface area contributed by atoms with Gasteiger partial charge in [0.1, 0.15) is 6.10 Å². The third-order valence-electron chi connectivity index (χ3n) is 9.16. The van der Waals surface area contributed by atoms with Gasteiger partial charge >= 0.3 is 5.97 Å². The number of rotatable bonds is 1. The number of aliphatic hydroxyl groups is 3. The van der Waals surface area contributed by atoms with E-state index in [0.29, 0.717) is 19.4 Å². The predicted molar refractivity (Wildman–Crippen MR) is 100 cm³/mol. The van der Waals surface area contributed by atoms with Gasteiger partial charge in [0.15, 0.2) is 12.1 Å². The summed E-state index contributed by atoms with van der Waals surface area (Å²) >= 11 is 0. The molecular formula is C22H30O7. The van der Waals surface area contributed by atoms with E-state index in [1.54, 1.807) is 0 Å². The molecule has 7 heteroatoms. The summed E-state index contributed by atoms with van der Waals surface area (Å²) in [5.74, 6) is -2.19. The van der Waals surface area contributed by atoms with Gasteiger partial charge in [0.05, 0.1) is 24.2 Å². The molecule has 1 aliphatic heterocycles. The average Bonchev–Trinajstić information content (AvgIpc) is 2.76. The van der Waals surface area contributed by atoms with Crippen molar-refractivity contribution in [2.24, 2.45) is 34.0 Å². The molecule has 4 saturated carbocycles. The lowest BCUT2D eigenvalue weighted by molar-refractivity contribution is -0.357. The molecule has 3 N–H and O–H groups in total. The van der Waals surface area contributed by atoms with Crippen LogP contribution in [0.1, 0.15) is 46.0 Å². The normalized spacial score (nSPS) is 55.8. The monoisotopic (exact) mass is 406 g/mol. The number of aliphatic hydroxyl groups excluding tert-OH is 3. The second-order valence-electron chi connectivity index (χ2n) is 10.3. The van der Waals surface area contributed by atoms with E-state index in [0.717, 1.165) is 12.8 Å².